The van der Waals surface area contributed by atoms with Gasteiger partial charge in [0.05, 0.1) is 46.5 Å². The Morgan fingerprint density at radius 3 is 1.46 bits per heavy atom. The van der Waals surface area contributed by atoms with Gasteiger partial charge in [0.2, 0.25) is 0 Å². The van der Waals surface area contributed by atoms with Crippen molar-refractivity contribution < 1.29 is 67.5 Å². The van der Waals surface area contributed by atoms with E-state index in [9.17, 15) is 44.3 Å². The first-order valence-electron chi connectivity index (χ1n) is 18.6. The third-order valence-corrected chi connectivity index (χ3v) is 10.5. The standard InChI is InChI=1S/C20H22F3NO3.C14H13F3O4S.C7H13NO2.2CH4/c1-26-17-6-5-14-11-16(4-3-15(14)12-17)18(20(21,22)23)24-9-7-13(8-10-24)19(25)27-2;1-20-12-6-5-9-7-11(4-3-10(9)8-12)13(14(15,16)17)21-22(2,18)19;1-10-7(9)6-2-4-8-5-3-6;;/h3-6,11-13,18H,7-10H2,1-2H3;3-8,13H,1-2H3;6,8H,2-5H2,1H3;2*1H4. The third kappa shape index (κ3) is 15.0. The summed E-state index contributed by atoms with van der Waals surface area (Å²) in [6.07, 6.45) is -8.62. The Morgan fingerprint density at radius 1 is 0.639 bits per heavy atom. The number of esters is 2. The molecule has 2 atom stereocenters. The quantitative estimate of drug-likeness (QED) is 0.0981. The fraction of sp³-hybridized carbons (Fsp3) is 0.488. The van der Waals surface area contributed by atoms with Crippen LogP contribution in [0.3, 0.4) is 0 Å². The molecular formula is C43H56F6N2O9S. The van der Waals surface area contributed by atoms with E-state index in [1.807, 2.05) is 0 Å². The summed E-state index contributed by atoms with van der Waals surface area (Å²) >= 11 is 0. The van der Waals surface area contributed by atoms with Gasteiger partial charge in [-0.3, -0.25) is 18.7 Å². The number of carbonyl (C=O) groups is 2. The lowest BCUT2D eigenvalue weighted by Crippen LogP contribution is -2.44. The molecule has 2 unspecified atom stereocenters. The van der Waals surface area contributed by atoms with Crippen molar-refractivity contribution in [3.63, 3.8) is 0 Å². The van der Waals surface area contributed by atoms with Crippen LogP contribution in [0.15, 0.2) is 72.8 Å². The lowest BCUT2D eigenvalue weighted by Gasteiger charge is -2.37. The number of likely N-dealkylation sites (tertiary alicyclic amines) is 1. The van der Waals surface area contributed by atoms with Crippen molar-refractivity contribution in [1.29, 1.82) is 0 Å². The molecular weight excluding hydrogens is 835 g/mol. The van der Waals surface area contributed by atoms with Gasteiger partial charge in [0.15, 0.2) is 6.10 Å². The second-order valence-corrected chi connectivity index (χ2v) is 15.6. The predicted molar refractivity (Wildman–Crippen MR) is 222 cm³/mol. The van der Waals surface area contributed by atoms with Gasteiger partial charge in [0, 0.05) is 0 Å². The Balaban J connectivity index is 0.000000339. The van der Waals surface area contributed by atoms with Crippen molar-refractivity contribution in [1.82, 2.24) is 10.2 Å². The van der Waals surface area contributed by atoms with Gasteiger partial charge >= 0.3 is 24.3 Å². The first-order valence-corrected chi connectivity index (χ1v) is 20.4. The van der Waals surface area contributed by atoms with E-state index in [2.05, 4.69) is 14.2 Å². The molecule has 0 spiro atoms. The lowest BCUT2D eigenvalue weighted by atomic mass is 9.93. The van der Waals surface area contributed by atoms with E-state index < -0.39 is 34.6 Å². The number of methoxy groups -OCH3 is 4. The summed E-state index contributed by atoms with van der Waals surface area (Å²) in [5, 5.41) is 5.93. The Hall–Kier alpha value is -4.65. The van der Waals surface area contributed by atoms with Crippen LogP contribution in [-0.2, 0) is 33.4 Å². The molecule has 2 fully saturated rings. The van der Waals surface area contributed by atoms with Gasteiger partial charge in [0.1, 0.15) is 17.5 Å². The highest BCUT2D eigenvalue weighted by atomic mass is 32.2. The van der Waals surface area contributed by atoms with Gasteiger partial charge in [-0.2, -0.15) is 34.8 Å². The van der Waals surface area contributed by atoms with Crippen LogP contribution in [0.25, 0.3) is 21.5 Å². The number of halogens is 6. The number of hydrogen-bond donors (Lipinski definition) is 1. The Kier molecular flexibility index (Phi) is 19.8. The van der Waals surface area contributed by atoms with Crippen molar-refractivity contribution in [2.45, 2.75) is 65.0 Å². The Morgan fingerprint density at radius 2 is 1.05 bits per heavy atom. The summed E-state index contributed by atoms with van der Waals surface area (Å²) in [5.74, 6) is 0.641. The number of nitrogens with zero attached hydrogens (tertiary/aromatic N) is 1. The van der Waals surface area contributed by atoms with Crippen LogP contribution in [0.4, 0.5) is 26.3 Å². The number of benzene rings is 4. The largest absolute Gasteiger partial charge is 0.497 e. The number of alkyl halides is 6. The van der Waals surface area contributed by atoms with Crippen molar-refractivity contribution in [3.05, 3.63) is 83.9 Å². The lowest BCUT2D eigenvalue weighted by molar-refractivity contribution is -0.196. The highest BCUT2D eigenvalue weighted by molar-refractivity contribution is 7.86. The first kappa shape index (κ1) is 52.5. The van der Waals surface area contributed by atoms with E-state index >= 15 is 0 Å². The zero-order valence-electron chi connectivity index (χ0n) is 33.2. The van der Waals surface area contributed by atoms with E-state index in [0.717, 1.165) is 36.7 Å². The van der Waals surface area contributed by atoms with Gasteiger partial charge < -0.3 is 24.3 Å². The minimum atomic E-state index is -4.84. The van der Waals surface area contributed by atoms with Gasteiger partial charge in [-0.05, 0) is 121 Å². The van der Waals surface area contributed by atoms with E-state index in [1.54, 1.807) is 55.6 Å². The second kappa shape index (κ2) is 23.0. The van der Waals surface area contributed by atoms with Crippen LogP contribution in [0, 0.1) is 11.8 Å². The summed E-state index contributed by atoms with van der Waals surface area (Å²) in [4.78, 5) is 24.0. The monoisotopic (exact) mass is 890 g/mol. The zero-order valence-corrected chi connectivity index (χ0v) is 34.0. The molecule has 0 saturated carbocycles. The fourth-order valence-corrected chi connectivity index (χ4v) is 7.51. The molecule has 0 bridgehead atoms. The number of carbonyl (C=O) groups excluding carboxylic acids is 2. The van der Waals surface area contributed by atoms with Crippen molar-refractivity contribution >= 4 is 43.6 Å². The van der Waals surface area contributed by atoms with Gasteiger partial charge in [-0.1, -0.05) is 51.3 Å². The number of ether oxygens (including phenoxy) is 4. The maximum absolute atomic E-state index is 13.9. The van der Waals surface area contributed by atoms with Crippen LogP contribution >= 0.6 is 0 Å². The van der Waals surface area contributed by atoms with Crippen molar-refractivity contribution in [2.75, 3.05) is 60.9 Å². The molecule has 0 amide bonds. The molecule has 2 aliphatic rings. The molecule has 0 radical (unpaired) electrons. The Bertz CT molecular complexity index is 2140. The van der Waals surface area contributed by atoms with Gasteiger partial charge in [0.25, 0.3) is 10.1 Å². The average molecular weight is 891 g/mol. The molecule has 340 valence electrons. The highest BCUT2D eigenvalue weighted by Crippen LogP contribution is 2.41. The summed E-state index contributed by atoms with van der Waals surface area (Å²) < 4.78 is 127. The summed E-state index contributed by atoms with van der Waals surface area (Å²) in [6.45, 7) is 2.29. The third-order valence-electron chi connectivity index (χ3n) is 9.94. The van der Waals surface area contributed by atoms with Gasteiger partial charge in [-0.25, -0.2) is 0 Å². The van der Waals surface area contributed by atoms with E-state index in [1.165, 1.54) is 50.5 Å². The molecule has 4 aromatic carbocycles. The van der Waals surface area contributed by atoms with Crippen LogP contribution in [0.2, 0.25) is 0 Å². The molecule has 0 aliphatic carbocycles. The number of piperidine rings is 2. The highest BCUT2D eigenvalue weighted by Gasteiger charge is 2.46. The summed E-state index contributed by atoms with van der Waals surface area (Å²) in [5.41, 5.74) is -0.0766. The Labute approximate surface area is 353 Å². The molecule has 61 heavy (non-hydrogen) atoms. The summed E-state index contributed by atoms with van der Waals surface area (Å²) in [6, 6.07) is 17.1. The molecule has 18 heteroatoms. The number of hydrogen-bond acceptors (Lipinski definition) is 11. The molecule has 2 heterocycles. The zero-order chi connectivity index (χ0) is 43.5. The molecule has 0 aromatic heterocycles. The maximum atomic E-state index is 13.9. The fourth-order valence-electron chi connectivity index (χ4n) is 6.94. The smallest absolute Gasteiger partial charge is 0.420 e. The molecule has 2 aliphatic heterocycles. The van der Waals surface area contributed by atoms with Crippen LogP contribution in [-0.4, -0.2) is 98.5 Å². The van der Waals surface area contributed by atoms with Crippen LogP contribution in [0.1, 0.15) is 63.8 Å². The first-order chi connectivity index (χ1) is 27.8. The van der Waals surface area contributed by atoms with Crippen molar-refractivity contribution in [3.8, 4) is 11.5 Å². The minimum Gasteiger partial charge on any atom is -0.497 e. The summed E-state index contributed by atoms with van der Waals surface area (Å²) in [7, 11) is 1.52. The number of nitrogens with one attached hydrogen (secondary N) is 1. The average Bonchev–Trinajstić information content (AvgIpc) is 3.21. The van der Waals surface area contributed by atoms with E-state index in [0.29, 0.717) is 41.4 Å². The van der Waals surface area contributed by atoms with Crippen LogP contribution < -0.4 is 14.8 Å². The SMILES string of the molecule is C.C.COC(=O)C1CCN(C(c2ccc3cc(OC)ccc3c2)C(F)(F)F)CC1.COC(=O)C1CCNCC1.COc1ccc2cc(C(OS(C)(=O)=O)C(F)(F)F)ccc2c1. The molecule has 11 nitrogen and oxygen atoms in total. The second-order valence-electron chi connectivity index (χ2n) is 14.0. The molecule has 4 aromatic rings. The molecule has 2 saturated heterocycles. The van der Waals surface area contributed by atoms with Crippen LogP contribution in [0.5, 0.6) is 11.5 Å². The van der Waals surface area contributed by atoms with E-state index in [-0.39, 0.29) is 62.8 Å². The normalized spacial score (nSPS) is 16.2. The minimum absolute atomic E-state index is 0. The maximum Gasteiger partial charge on any atom is 0.420 e. The topological polar surface area (TPSA) is 130 Å². The number of fused-ring (bicyclic) bond motifs is 2. The predicted octanol–water partition coefficient (Wildman–Crippen LogP) is 9.20. The number of rotatable bonds is 9. The van der Waals surface area contributed by atoms with E-state index in [4.69, 9.17) is 14.2 Å². The van der Waals surface area contributed by atoms with Crippen molar-refractivity contribution in [2.24, 2.45) is 11.8 Å². The molecule has 6 rings (SSSR count). The molecule has 1 N–H and O–H groups in total. The van der Waals surface area contributed by atoms with Gasteiger partial charge in [-0.15, -0.1) is 0 Å².